The molecule has 0 amide bonds. The Kier molecular flexibility index (Phi) is 8.69. The van der Waals surface area contributed by atoms with Gasteiger partial charge in [-0.2, -0.15) is 0 Å². The minimum atomic E-state index is -0.773. The summed E-state index contributed by atoms with van der Waals surface area (Å²) in [7, 11) is 0. The monoisotopic (exact) mass is 428 g/mol. The molecule has 31 heavy (non-hydrogen) atoms. The molecule has 0 heterocycles. The van der Waals surface area contributed by atoms with E-state index in [1.165, 1.54) is 6.42 Å². The van der Waals surface area contributed by atoms with E-state index in [2.05, 4.69) is 25.3 Å². The van der Waals surface area contributed by atoms with Crippen LogP contribution in [0.15, 0.2) is 24.8 Å². The molecule has 0 radical (unpaired) electrons. The maximum atomic E-state index is 14.5. The summed E-state index contributed by atoms with van der Waals surface area (Å²) >= 11 is 0. The van der Waals surface area contributed by atoms with Crippen LogP contribution in [-0.2, 0) is 4.79 Å². The fourth-order valence-electron chi connectivity index (χ4n) is 4.86. The highest BCUT2D eigenvalue weighted by Gasteiger charge is 2.28. The highest BCUT2D eigenvalue weighted by atomic mass is 19.1. The van der Waals surface area contributed by atoms with Gasteiger partial charge in [-0.3, -0.25) is 4.79 Å². The van der Waals surface area contributed by atoms with Gasteiger partial charge in [0.25, 0.3) is 0 Å². The van der Waals surface area contributed by atoms with E-state index in [0.29, 0.717) is 5.92 Å². The molecule has 2 aliphatic rings. The van der Waals surface area contributed by atoms with E-state index in [1.807, 2.05) is 6.08 Å². The Bertz CT molecular complexity index is 796. The number of carbonyl (C=O) groups is 1. The van der Waals surface area contributed by atoms with Crippen LogP contribution in [0, 0.1) is 47.1 Å². The highest BCUT2D eigenvalue weighted by Crippen LogP contribution is 2.33. The third-order valence-electron chi connectivity index (χ3n) is 7.02. The second-order valence-electron chi connectivity index (χ2n) is 9.16. The van der Waals surface area contributed by atoms with Gasteiger partial charge in [-0.1, -0.05) is 31.3 Å². The number of benzene rings is 1. The lowest BCUT2D eigenvalue weighted by molar-refractivity contribution is -0.140. The minimum Gasteiger partial charge on any atom is -0.426 e. The smallest absolute Gasteiger partial charge is 0.314 e. The number of hydrogen-bond acceptors (Lipinski definition) is 2. The molecule has 2 fully saturated rings. The zero-order chi connectivity index (χ0) is 22.2. The standard InChI is InChI=1S/C27H34F2O2/c1-3-5-6-20-11-14-22(15-12-20)27(30)31-23-17-25(28)24(26(29)18-23)16-13-21-9-7-19(4-2)8-10-21/h3,17-22H,1,4-12,14-15H2,2H3/t19-,20?,21-,22?. The lowest BCUT2D eigenvalue weighted by atomic mass is 9.80. The molecule has 2 saturated carbocycles. The van der Waals surface area contributed by atoms with Gasteiger partial charge in [-0.05, 0) is 76.0 Å². The fraction of sp³-hybridized carbons (Fsp3) is 0.593. The molecule has 4 heteroatoms. The number of ether oxygens (including phenoxy) is 1. The molecular formula is C27H34F2O2. The number of esters is 1. The van der Waals surface area contributed by atoms with E-state index in [0.717, 1.165) is 82.3 Å². The van der Waals surface area contributed by atoms with Crippen LogP contribution < -0.4 is 4.74 Å². The first-order valence-corrected chi connectivity index (χ1v) is 11.8. The summed E-state index contributed by atoms with van der Waals surface area (Å²) in [5, 5.41) is 0. The zero-order valence-electron chi connectivity index (χ0n) is 18.6. The Hall–Kier alpha value is -2.15. The van der Waals surface area contributed by atoms with Gasteiger partial charge in [0, 0.05) is 18.1 Å². The molecular weight excluding hydrogens is 394 g/mol. The summed E-state index contributed by atoms with van der Waals surface area (Å²) in [6.45, 7) is 5.95. The van der Waals surface area contributed by atoms with Crippen molar-refractivity contribution in [3.05, 3.63) is 42.0 Å². The van der Waals surface area contributed by atoms with Crippen LogP contribution in [0.5, 0.6) is 5.75 Å². The molecule has 0 spiro atoms. The number of carbonyl (C=O) groups excluding carboxylic acids is 1. The largest absolute Gasteiger partial charge is 0.426 e. The average molecular weight is 429 g/mol. The van der Waals surface area contributed by atoms with Crippen LogP contribution in [0.4, 0.5) is 8.78 Å². The van der Waals surface area contributed by atoms with Gasteiger partial charge >= 0.3 is 5.97 Å². The Morgan fingerprint density at radius 1 is 1.06 bits per heavy atom. The minimum absolute atomic E-state index is 0.0808. The molecule has 168 valence electrons. The van der Waals surface area contributed by atoms with E-state index in [4.69, 9.17) is 4.74 Å². The van der Waals surface area contributed by atoms with Crippen molar-refractivity contribution in [2.24, 2.45) is 23.7 Å². The van der Waals surface area contributed by atoms with Crippen molar-refractivity contribution in [2.75, 3.05) is 0 Å². The summed E-state index contributed by atoms with van der Waals surface area (Å²) in [4.78, 5) is 12.5. The van der Waals surface area contributed by atoms with Crippen molar-refractivity contribution < 1.29 is 18.3 Å². The Balaban J connectivity index is 1.56. The summed E-state index contributed by atoms with van der Waals surface area (Å²) in [5.41, 5.74) is -0.236. The van der Waals surface area contributed by atoms with Crippen LogP contribution in [0.2, 0.25) is 0 Å². The summed E-state index contributed by atoms with van der Waals surface area (Å²) in [6, 6.07) is 2.16. The van der Waals surface area contributed by atoms with Gasteiger partial charge in [-0.25, -0.2) is 8.78 Å². The molecule has 0 unspecified atom stereocenters. The molecule has 0 bridgehead atoms. The third-order valence-corrected chi connectivity index (χ3v) is 7.02. The lowest BCUT2D eigenvalue weighted by Crippen LogP contribution is -2.25. The second kappa shape index (κ2) is 11.5. The van der Waals surface area contributed by atoms with Gasteiger partial charge in [-0.15, -0.1) is 6.58 Å². The predicted octanol–water partition coefficient (Wildman–Crippen LogP) is 7.21. The Morgan fingerprint density at radius 3 is 2.26 bits per heavy atom. The normalized spacial score (nSPS) is 25.9. The number of rotatable bonds is 6. The summed E-state index contributed by atoms with van der Waals surface area (Å²) < 4.78 is 34.3. The van der Waals surface area contributed by atoms with Crippen molar-refractivity contribution in [3.8, 4) is 17.6 Å². The zero-order valence-corrected chi connectivity index (χ0v) is 18.6. The van der Waals surface area contributed by atoms with E-state index in [1.54, 1.807) is 0 Å². The van der Waals surface area contributed by atoms with Gasteiger partial charge in [0.15, 0.2) is 0 Å². The third kappa shape index (κ3) is 6.66. The van der Waals surface area contributed by atoms with Gasteiger partial charge < -0.3 is 4.74 Å². The van der Waals surface area contributed by atoms with Gasteiger partial charge in [0.05, 0.1) is 11.5 Å². The molecule has 2 aliphatic carbocycles. The van der Waals surface area contributed by atoms with E-state index >= 15 is 0 Å². The van der Waals surface area contributed by atoms with Gasteiger partial charge in [0.2, 0.25) is 0 Å². The van der Waals surface area contributed by atoms with Crippen LogP contribution in [0.3, 0.4) is 0 Å². The van der Waals surface area contributed by atoms with Crippen LogP contribution >= 0.6 is 0 Å². The van der Waals surface area contributed by atoms with E-state index in [9.17, 15) is 13.6 Å². The Labute approximate surface area is 185 Å². The summed E-state index contributed by atoms with van der Waals surface area (Å²) in [5.74, 6) is 5.09. The second-order valence-corrected chi connectivity index (χ2v) is 9.16. The highest BCUT2D eigenvalue weighted by molar-refractivity contribution is 5.75. The number of halogens is 2. The predicted molar refractivity (Wildman–Crippen MR) is 119 cm³/mol. The molecule has 0 aliphatic heterocycles. The summed E-state index contributed by atoms with van der Waals surface area (Å²) in [6.07, 6.45) is 12.9. The van der Waals surface area contributed by atoms with Crippen molar-refractivity contribution in [2.45, 2.75) is 77.6 Å². The van der Waals surface area contributed by atoms with Crippen LogP contribution in [0.1, 0.15) is 83.1 Å². The molecule has 1 aromatic carbocycles. The molecule has 0 saturated heterocycles. The maximum Gasteiger partial charge on any atom is 0.314 e. The molecule has 0 aromatic heterocycles. The topological polar surface area (TPSA) is 26.3 Å². The number of allylic oxidation sites excluding steroid dienone is 1. The Morgan fingerprint density at radius 2 is 1.68 bits per heavy atom. The molecule has 3 rings (SSSR count). The van der Waals surface area contributed by atoms with Crippen LogP contribution in [0.25, 0.3) is 0 Å². The fourth-order valence-corrected chi connectivity index (χ4v) is 4.86. The first kappa shape index (κ1) is 23.5. The van der Waals surface area contributed by atoms with Gasteiger partial charge in [0.1, 0.15) is 17.4 Å². The average Bonchev–Trinajstić information content (AvgIpc) is 2.78. The first-order chi connectivity index (χ1) is 15.0. The maximum absolute atomic E-state index is 14.5. The van der Waals surface area contributed by atoms with Crippen molar-refractivity contribution in [3.63, 3.8) is 0 Å². The van der Waals surface area contributed by atoms with Crippen molar-refractivity contribution in [1.82, 2.24) is 0 Å². The lowest BCUT2D eigenvalue weighted by Gasteiger charge is -2.26. The van der Waals surface area contributed by atoms with Crippen molar-refractivity contribution in [1.29, 1.82) is 0 Å². The van der Waals surface area contributed by atoms with Crippen LogP contribution in [-0.4, -0.2) is 5.97 Å². The SMILES string of the molecule is C=CCCC1CCC(C(=O)Oc2cc(F)c(C#C[C@H]3CC[C@H](CC)CC3)c(F)c2)CC1. The van der Waals surface area contributed by atoms with E-state index < -0.39 is 17.6 Å². The molecule has 1 aromatic rings. The molecule has 0 N–H and O–H groups in total. The first-order valence-electron chi connectivity index (χ1n) is 11.8. The molecule has 0 atom stereocenters. The number of hydrogen-bond donors (Lipinski definition) is 0. The quantitative estimate of drug-likeness (QED) is 0.207. The van der Waals surface area contributed by atoms with Crippen molar-refractivity contribution >= 4 is 5.97 Å². The molecule has 2 nitrogen and oxygen atoms in total. The van der Waals surface area contributed by atoms with E-state index in [-0.39, 0.29) is 23.1 Å².